The molecule has 0 aromatic heterocycles. The fourth-order valence-corrected chi connectivity index (χ4v) is 4.92. The summed E-state index contributed by atoms with van der Waals surface area (Å²) in [6.45, 7) is 0.325. The second-order valence-corrected chi connectivity index (χ2v) is 9.13. The molecule has 2 heterocycles. The molecule has 2 fully saturated rings. The summed E-state index contributed by atoms with van der Waals surface area (Å²) in [4.78, 5) is 26.0. The van der Waals surface area contributed by atoms with Gasteiger partial charge in [0.1, 0.15) is 0 Å². The van der Waals surface area contributed by atoms with Crippen molar-refractivity contribution in [2.45, 2.75) is 18.9 Å². The molecule has 3 rings (SSSR count). The van der Waals surface area contributed by atoms with Gasteiger partial charge in [-0.2, -0.15) is 0 Å². The molecule has 0 aliphatic carbocycles. The largest absolute Gasteiger partial charge is 0.352 e. The monoisotopic (exact) mass is 400 g/mol. The second-order valence-electron chi connectivity index (χ2n) is 5.99. The molecule has 0 radical (unpaired) electrons. The van der Waals surface area contributed by atoms with Crippen LogP contribution in [0.15, 0.2) is 28.7 Å². The van der Waals surface area contributed by atoms with Crippen molar-refractivity contribution in [3.8, 4) is 0 Å². The number of nitrogens with one attached hydrogen (secondary N) is 1. The summed E-state index contributed by atoms with van der Waals surface area (Å²) in [5.74, 6) is -0.649. The van der Waals surface area contributed by atoms with Crippen molar-refractivity contribution in [3.63, 3.8) is 0 Å². The summed E-state index contributed by atoms with van der Waals surface area (Å²) in [5.41, 5.74) is 0.761. The molecule has 0 bridgehead atoms. The van der Waals surface area contributed by atoms with E-state index >= 15 is 0 Å². The lowest BCUT2D eigenvalue weighted by Crippen LogP contribution is -2.40. The number of anilines is 1. The van der Waals surface area contributed by atoms with Crippen LogP contribution in [-0.4, -0.2) is 44.3 Å². The molecular weight excluding hydrogens is 384 g/mol. The van der Waals surface area contributed by atoms with E-state index in [0.717, 1.165) is 10.2 Å². The van der Waals surface area contributed by atoms with E-state index < -0.39 is 15.8 Å². The molecule has 2 saturated heterocycles. The van der Waals surface area contributed by atoms with Crippen LogP contribution in [0.25, 0.3) is 0 Å². The summed E-state index contributed by atoms with van der Waals surface area (Å²) in [7, 11) is -3.03. The molecule has 2 aliphatic rings. The van der Waals surface area contributed by atoms with Gasteiger partial charge < -0.3 is 10.2 Å². The van der Waals surface area contributed by atoms with Gasteiger partial charge in [0, 0.05) is 29.2 Å². The van der Waals surface area contributed by atoms with Crippen molar-refractivity contribution in [3.05, 3.63) is 28.7 Å². The number of halogens is 1. The van der Waals surface area contributed by atoms with Crippen molar-refractivity contribution in [1.29, 1.82) is 0 Å². The number of benzene rings is 1. The molecule has 1 aromatic carbocycles. The van der Waals surface area contributed by atoms with Gasteiger partial charge in [0.25, 0.3) is 0 Å². The van der Waals surface area contributed by atoms with Crippen LogP contribution >= 0.6 is 15.9 Å². The van der Waals surface area contributed by atoms with Crippen molar-refractivity contribution in [2.24, 2.45) is 5.92 Å². The molecule has 23 heavy (non-hydrogen) atoms. The first-order valence-electron chi connectivity index (χ1n) is 7.41. The van der Waals surface area contributed by atoms with Crippen LogP contribution < -0.4 is 10.2 Å². The van der Waals surface area contributed by atoms with E-state index in [0.29, 0.717) is 13.0 Å². The van der Waals surface area contributed by atoms with Crippen LogP contribution in [0.2, 0.25) is 0 Å². The zero-order valence-electron chi connectivity index (χ0n) is 12.4. The highest BCUT2D eigenvalue weighted by molar-refractivity contribution is 9.10. The predicted octanol–water partition coefficient (Wildman–Crippen LogP) is 1.11. The summed E-state index contributed by atoms with van der Waals surface area (Å²) < 4.78 is 23.8. The highest BCUT2D eigenvalue weighted by atomic mass is 79.9. The quantitative estimate of drug-likeness (QED) is 0.823. The highest BCUT2D eigenvalue weighted by Gasteiger charge is 2.37. The molecule has 1 aromatic rings. The number of nitrogens with zero attached hydrogens (tertiary/aromatic N) is 1. The Balaban J connectivity index is 1.63. The first-order valence-corrected chi connectivity index (χ1v) is 10.0. The Labute approximate surface area is 143 Å². The Morgan fingerprint density at radius 3 is 2.57 bits per heavy atom. The Hall–Kier alpha value is -1.41. The van der Waals surface area contributed by atoms with E-state index in [2.05, 4.69) is 21.2 Å². The third-order valence-corrected chi connectivity index (χ3v) is 6.51. The Kier molecular flexibility index (Phi) is 4.46. The molecule has 2 amide bonds. The number of rotatable bonds is 3. The fourth-order valence-electron chi connectivity index (χ4n) is 2.98. The van der Waals surface area contributed by atoms with E-state index in [-0.39, 0.29) is 35.8 Å². The second kappa shape index (κ2) is 6.24. The van der Waals surface area contributed by atoms with Gasteiger partial charge in [-0.1, -0.05) is 15.9 Å². The zero-order chi connectivity index (χ0) is 16.6. The molecule has 124 valence electrons. The van der Waals surface area contributed by atoms with Gasteiger partial charge in [-0.25, -0.2) is 8.42 Å². The maximum absolute atomic E-state index is 12.3. The summed E-state index contributed by atoms with van der Waals surface area (Å²) in [6, 6.07) is 7.01. The minimum absolute atomic E-state index is 0.00413. The van der Waals surface area contributed by atoms with Crippen LogP contribution in [0.1, 0.15) is 12.8 Å². The fraction of sp³-hybridized carbons (Fsp3) is 0.467. The van der Waals surface area contributed by atoms with Crippen molar-refractivity contribution in [1.82, 2.24) is 5.32 Å². The van der Waals surface area contributed by atoms with Crippen molar-refractivity contribution < 1.29 is 18.0 Å². The minimum atomic E-state index is -3.03. The zero-order valence-corrected chi connectivity index (χ0v) is 14.8. The highest BCUT2D eigenvalue weighted by Crippen LogP contribution is 2.26. The number of hydrogen-bond acceptors (Lipinski definition) is 4. The van der Waals surface area contributed by atoms with E-state index in [4.69, 9.17) is 0 Å². The van der Waals surface area contributed by atoms with E-state index in [1.807, 2.05) is 24.3 Å². The number of sulfone groups is 1. The summed E-state index contributed by atoms with van der Waals surface area (Å²) in [6.07, 6.45) is 0.604. The lowest BCUT2D eigenvalue weighted by molar-refractivity contribution is -0.126. The van der Waals surface area contributed by atoms with Crippen LogP contribution in [0.3, 0.4) is 0 Å². The molecule has 1 N–H and O–H groups in total. The molecule has 6 nitrogen and oxygen atoms in total. The van der Waals surface area contributed by atoms with Gasteiger partial charge >= 0.3 is 0 Å². The third-order valence-electron chi connectivity index (χ3n) is 4.21. The number of amides is 2. The molecule has 0 saturated carbocycles. The van der Waals surface area contributed by atoms with Crippen molar-refractivity contribution in [2.75, 3.05) is 23.0 Å². The Morgan fingerprint density at radius 2 is 1.96 bits per heavy atom. The summed E-state index contributed by atoms with van der Waals surface area (Å²) in [5, 5.41) is 2.77. The van der Waals surface area contributed by atoms with Gasteiger partial charge in [0.2, 0.25) is 11.8 Å². The van der Waals surface area contributed by atoms with Crippen LogP contribution in [0.4, 0.5) is 5.69 Å². The lowest BCUT2D eigenvalue weighted by Gasteiger charge is -2.18. The first-order chi connectivity index (χ1) is 10.8. The smallest absolute Gasteiger partial charge is 0.227 e. The van der Waals surface area contributed by atoms with E-state index in [1.54, 1.807) is 4.90 Å². The van der Waals surface area contributed by atoms with Gasteiger partial charge in [0.05, 0.1) is 17.4 Å². The SMILES string of the molecule is O=C(NC1CCS(=O)(=O)C1)C1CC(=O)N(c2ccc(Br)cc2)C1. The van der Waals surface area contributed by atoms with Gasteiger partial charge in [-0.15, -0.1) is 0 Å². The van der Waals surface area contributed by atoms with Crippen LogP contribution in [-0.2, 0) is 19.4 Å². The van der Waals surface area contributed by atoms with Crippen molar-refractivity contribution >= 4 is 43.3 Å². The molecular formula is C15H17BrN2O4S. The Bertz CT molecular complexity index is 732. The number of carbonyl (C=O) groups is 2. The molecule has 8 heteroatoms. The topological polar surface area (TPSA) is 83.5 Å². The number of hydrogen-bond donors (Lipinski definition) is 1. The number of carbonyl (C=O) groups excluding carboxylic acids is 2. The third kappa shape index (κ3) is 3.74. The van der Waals surface area contributed by atoms with Crippen LogP contribution in [0, 0.1) is 5.92 Å². The average molecular weight is 401 g/mol. The maximum atomic E-state index is 12.3. The first kappa shape index (κ1) is 16.4. The molecule has 2 aliphatic heterocycles. The predicted molar refractivity (Wildman–Crippen MR) is 89.8 cm³/mol. The molecule has 2 atom stereocenters. The van der Waals surface area contributed by atoms with Gasteiger partial charge in [0.15, 0.2) is 9.84 Å². The Morgan fingerprint density at radius 1 is 1.26 bits per heavy atom. The molecule has 0 spiro atoms. The van der Waals surface area contributed by atoms with Crippen LogP contribution in [0.5, 0.6) is 0 Å². The normalized spacial score (nSPS) is 26.5. The average Bonchev–Trinajstić information content (AvgIpc) is 3.03. The standard InChI is InChI=1S/C15H17BrN2O4S/c16-11-1-3-13(4-2-11)18-8-10(7-14(18)19)15(20)17-12-5-6-23(21,22)9-12/h1-4,10,12H,5-9H2,(H,17,20). The van der Waals surface area contributed by atoms with Gasteiger partial charge in [-0.3, -0.25) is 9.59 Å². The molecule has 2 unspecified atom stereocenters. The van der Waals surface area contributed by atoms with Gasteiger partial charge in [-0.05, 0) is 30.7 Å². The minimum Gasteiger partial charge on any atom is -0.352 e. The van der Waals surface area contributed by atoms with E-state index in [9.17, 15) is 18.0 Å². The van der Waals surface area contributed by atoms with E-state index in [1.165, 1.54) is 0 Å². The summed E-state index contributed by atoms with van der Waals surface area (Å²) >= 11 is 3.35. The lowest BCUT2D eigenvalue weighted by atomic mass is 10.1. The maximum Gasteiger partial charge on any atom is 0.227 e.